The van der Waals surface area contributed by atoms with Crippen molar-refractivity contribution in [1.29, 1.82) is 0 Å². The molecule has 0 bridgehead atoms. The van der Waals surface area contributed by atoms with Crippen LogP contribution < -0.4 is 15.8 Å². The van der Waals surface area contributed by atoms with Crippen LogP contribution in [-0.2, 0) is 0 Å². The standard InChI is InChI=1S/C13H20N2O/c1-8(2)16-13-7-10(4-5-11(13)14)15-12-6-9(12)3/h4-5,7-9,12,15H,6,14H2,1-3H3. The second kappa shape index (κ2) is 4.24. The summed E-state index contributed by atoms with van der Waals surface area (Å²) in [6, 6.07) is 6.51. The molecule has 2 atom stereocenters. The zero-order valence-electron chi connectivity index (χ0n) is 10.2. The summed E-state index contributed by atoms with van der Waals surface area (Å²) in [4.78, 5) is 0. The third kappa shape index (κ3) is 2.60. The van der Waals surface area contributed by atoms with Gasteiger partial charge in [-0.1, -0.05) is 6.92 Å². The van der Waals surface area contributed by atoms with E-state index < -0.39 is 0 Å². The minimum Gasteiger partial charge on any atom is -0.489 e. The van der Waals surface area contributed by atoms with Crippen molar-refractivity contribution in [1.82, 2.24) is 0 Å². The topological polar surface area (TPSA) is 47.3 Å². The molecule has 0 saturated heterocycles. The first kappa shape index (κ1) is 11.1. The SMILES string of the molecule is CC(C)Oc1cc(NC2CC2C)ccc1N. The second-order valence-corrected chi connectivity index (χ2v) is 4.88. The smallest absolute Gasteiger partial charge is 0.144 e. The molecule has 3 N–H and O–H groups in total. The van der Waals surface area contributed by atoms with Crippen LogP contribution in [-0.4, -0.2) is 12.1 Å². The van der Waals surface area contributed by atoms with Gasteiger partial charge in [0.25, 0.3) is 0 Å². The summed E-state index contributed by atoms with van der Waals surface area (Å²) in [5.74, 6) is 1.56. The van der Waals surface area contributed by atoms with Gasteiger partial charge in [0, 0.05) is 17.8 Å². The van der Waals surface area contributed by atoms with Gasteiger partial charge in [0.05, 0.1) is 11.8 Å². The summed E-state index contributed by atoms with van der Waals surface area (Å²) in [6.07, 6.45) is 1.41. The van der Waals surface area contributed by atoms with E-state index in [9.17, 15) is 0 Å². The average Bonchev–Trinajstić information content (AvgIpc) is 2.87. The fraction of sp³-hybridized carbons (Fsp3) is 0.538. The number of hydrogen-bond donors (Lipinski definition) is 2. The molecule has 0 spiro atoms. The Kier molecular flexibility index (Phi) is 2.95. The highest BCUT2D eigenvalue weighted by Gasteiger charge is 2.32. The lowest BCUT2D eigenvalue weighted by Gasteiger charge is -2.14. The molecule has 16 heavy (non-hydrogen) atoms. The predicted molar refractivity (Wildman–Crippen MR) is 67.8 cm³/mol. The first-order valence-electron chi connectivity index (χ1n) is 5.89. The molecule has 0 aromatic heterocycles. The first-order valence-corrected chi connectivity index (χ1v) is 5.89. The summed E-state index contributed by atoms with van der Waals surface area (Å²) in [5, 5.41) is 3.47. The van der Waals surface area contributed by atoms with Crippen molar-refractivity contribution in [2.24, 2.45) is 5.92 Å². The molecule has 1 aromatic carbocycles. The molecule has 3 nitrogen and oxygen atoms in total. The molecule has 0 aliphatic heterocycles. The van der Waals surface area contributed by atoms with Gasteiger partial charge in [0.15, 0.2) is 0 Å². The average molecular weight is 220 g/mol. The third-order valence-corrected chi connectivity index (χ3v) is 2.84. The van der Waals surface area contributed by atoms with E-state index in [0.29, 0.717) is 11.7 Å². The van der Waals surface area contributed by atoms with Crippen molar-refractivity contribution in [3.63, 3.8) is 0 Å². The Balaban J connectivity index is 2.08. The van der Waals surface area contributed by atoms with Crippen LogP contribution in [0.4, 0.5) is 11.4 Å². The van der Waals surface area contributed by atoms with Gasteiger partial charge < -0.3 is 15.8 Å². The number of nitrogen functional groups attached to an aromatic ring is 1. The lowest BCUT2D eigenvalue weighted by molar-refractivity contribution is 0.244. The van der Waals surface area contributed by atoms with E-state index in [1.54, 1.807) is 0 Å². The van der Waals surface area contributed by atoms with Gasteiger partial charge in [0.2, 0.25) is 0 Å². The fourth-order valence-electron chi connectivity index (χ4n) is 1.72. The lowest BCUT2D eigenvalue weighted by Crippen LogP contribution is -2.09. The van der Waals surface area contributed by atoms with Crippen LogP contribution in [0, 0.1) is 5.92 Å². The third-order valence-electron chi connectivity index (χ3n) is 2.84. The molecule has 3 heteroatoms. The summed E-state index contributed by atoms with van der Waals surface area (Å²) in [7, 11) is 0. The Bertz CT molecular complexity index is 376. The van der Waals surface area contributed by atoms with Crippen molar-refractivity contribution >= 4 is 11.4 Å². The minimum atomic E-state index is 0.150. The minimum absolute atomic E-state index is 0.150. The molecule has 1 saturated carbocycles. The fourth-order valence-corrected chi connectivity index (χ4v) is 1.72. The van der Waals surface area contributed by atoms with Crippen molar-refractivity contribution in [2.75, 3.05) is 11.1 Å². The summed E-state index contributed by atoms with van der Waals surface area (Å²) >= 11 is 0. The van der Waals surface area contributed by atoms with E-state index in [0.717, 1.165) is 17.4 Å². The van der Waals surface area contributed by atoms with Crippen molar-refractivity contribution in [3.05, 3.63) is 18.2 Å². The van der Waals surface area contributed by atoms with E-state index in [-0.39, 0.29) is 6.10 Å². The van der Waals surface area contributed by atoms with E-state index in [1.165, 1.54) is 6.42 Å². The maximum absolute atomic E-state index is 5.86. The van der Waals surface area contributed by atoms with Gasteiger partial charge in [-0.05, 0) is 38.3 Å². The highest BCUT2D eigenvalue weighted by Crippen LogP contribution is 2.34. The van der Waals surface area contributed by atoms with Crippen molar-refractivity contribution < 1.29 is 4.74 Å². The molecule has 0 amide bonds. The molecule has 0 radical (unpaired) electrons. The van der Waals surface area contributed by atoms with E-state index >= 15 is 0 Å². The Labute approximate surface area is 97.0 Å². The predicted octanol–water partition coefficient (Wildman–Crippen LogP) is 2.88. The van der Waals surface area contributed by atoms with E-state index in [4.69, 9.17) is 10.5 Å². The number of anilines is 2. The summed E-state index contributed by atoms with van der Waals surface area (Å²) < 4.78 is 5.65. The molecular formula is C13H20N2O. The molecular weight excluding hydrogens is 200 g/mol. The van der Waals surface area contributed by atoms with Gasteiger partial charge >= 0.3 is 0 Å². The van der Waals surface area contributed by atoms with E-state index in [1.807, 2.05) is 32.0 Å². The Morgan fingerprint density at radius 2 is 2.12 bits per heavy atom. The van der Waals surface area contributed by atoms with Gasteiger partial charge in [-0.25, -0.2) is 0 Å². The first-order chi connectivity index (χ1) is 7.56. The van der Waals surface area contributed by atoms with Gasteiger partial charge in [-0.3, -0.25) is 0 Å². The Morgan fingerprint density at radius 3 is 2.69 bits per heavy atom. The van der Waals surface area contributed by atoms with Crippen LogP contribution in [0.1, 0.15) is 27.2 Å². The summed E-state index contributed by atoms with van der Waals surface area (Å²) in [6.45, 7) is 6.26. The largest absolute Gasteiger partial charge is 0.489 e. The molecule has 88 valence electrons. The maximum atomic E-state index is 5.86. The molecule has 2 rings (SSSR count). The highest BCUT2D eigenvalue weighted by molar-refractivity contribution is 5.62. The molecule has 1 aromatic rings. The number of benzene rings is 1. The summed E-state index contributed by atoms with van der Waals surface area (Å²) in [5.41, 5.74) is 7.65. The normalized spacial score (nSPS) is 23.2. The number of hydrogen-bond acceptors (Lipinski definition) is 3. The number of ether oxygens (including phenoxy) is 1. The quantitative estimate of drug-likeness (QED) is 0.767. The Morgan fingerprint density at radius 1 is 1.44 bits per heavy atom. The number of rotatable bonds is 4. The van der Waals surface area contributed by atoms with Gasteiger partial charge in [-0.2, -0.15) is 0 Å². The van der Waals surface area contributed by atoms with Crippen LogP contribution in [0.2, 0.25) is 0 Å². The lowest BCUT2D eigenvalue weighted by atomic mass is 10.2. The molecule has 0 heterocycles. The van der Waals surface area contributed by atoms with Gasteiger partial charge in [-0.15, -0.1) is 0 Å². The van der Waals surface area contributed by atoms with Crippen LogP contribution >= 0.6 is 0 Å². The van der Waals surface area contributed by atoms with E-state index in [2.05, 4.69) is 12.2 Å². The highest BCUT2D eigenvalue weighted by atomic mass is 16.5. The second-order valence-electron chi connectivity index (χ2n) is 4.88. The van der Waals surface area contributed by atoms with Crippen LogP contribution in [0.5, 0.6) is 5.75 Å². The van der Waals surface area contributed by atoms with Crippen molar-refractivity contribution in [2.45, 2.75) is 39.3 Å². The number of nitrogens with two attached hydrogens (primary N) is 1. The van der Waals surface area contributed by atoms with Gasteiger partial charge in [0.1, 0.15) is 5.75 Å². The van der Waals surface area contributed by atoms with Crippen LogP contribution in [0.3, 0.4) is 0 Å². The Hall–Kier alpha value is -1.38. The number of nitrogens with one attached hydrogen (secondary N) is 1. The molecule has 1 aliphatic carbocycles. The zero-order valence-corrected chi connectivity index (χ0v) is 10.2. The van der Waals surface area contributed by atoms with Crippen LogP contribution in [0.15, 0.2) is 18.2 Å². The van der Waals surface area contributed by atoms with Crippen molar-refractivity contribution in [3.8, 4) is 5.75 Å². The monoisotopic (exact) mass is 220 g/mol. The molecule has 1 aliphatic rings. The maximum Gasteiger partial charge on any atom is 0.144 e. The van der Waals surface area contributed by atoms with Crippen LogP contribution in [0.25, 0.3) is 0 Å². The molecule has 2 unspecified atom stereocenters. The molecule has 1 fully saturated rings. The zero-order chi connectivity index (χ0) is 11.7.